The first-order valence-corrected chi connectivity index (χ1v) is 15.3. The first kappa shape index (κ1) is 29.8. The van der Waals surface area contributed by atoms with Crippen molar-refractivity contribution in [2.75, 3.05) is 65.2 Å². The van der Waals surface area contributed by atoms with Crippen molar-refractivity contribution >= 4 is 45.0 Å². The van der Waals surface area contributed by atoms with Crippen LogP contribution in [0.5, 0.6) is 0 Å². The van der Waals surface area contributed by atoms with Gasteiger partial charge in [0.05, 0.1) is 11.0 Å². The Morgan fingerprint density at radius 3 is 1.93 bits per heavy atom. The highest BCUT2D eigenvalue weighted by Gasteiger charge is 2.33. The topological polar surface area (TPSA) is 92.7 Å². The molecule has 2 aliphatic heterocycles. The fourth-order valence-corrected chi connectivity index (χ4v) is 6.38. The van der Waals surface area contributed by atoms with E-state index >= 15 is 0 Å². The average Bonchev–Trinajstić information content (AvgIpc) is 3.00. The van der Waals surface area contributed by atoms with Crippen LogP contribution in [-0.4, -0.2) is 98.0 Å². The number of nitrogens with zero attached hydrogens (tertiary/aromatic N) is 9. The number of nitrogens with two attached hydrogens (primary N) is 1. The van der Waals surface area contributed by atoms with Gasteiger partial charge in [-0.25, -0.2) is 10.8 Å². The lowest BCUT2D eigenvalue weighted by Gasteiger charge is -2.41. The Kier molecular flexibility index (Phi) is 7.89. The lowest BCUT2D eigenvalue weighted by Crippen LogP contribution is -2.55. The molecule has 2 aromatic carbocycles. The maximum atomic E-state index is 6.97. The number of aromatic nitrogens is 2. The van der Waals surface area contributed by atoms with Crippen LogP contribution in [0, 0.1) is 13.8 Å². The molecule has 2 aromatic heterocycles. The molecule has 0 bridgehead atoms. The molecule has 1 saturated heterocycles. The molecule has 0 radical (unpaired) electrons. The van der Waals surface area contributed by atoms with Gasteiger partial charge in [-0.1, -0.05) is 6.07 Å². The van der Waals surface area contributed by atoms with Crippen molar-refractivity contribution in [2.45, 2.75) is 38.9 Å². The van der Waals surface area contributed by atoms with E-state index in [-0.39, 0.29) is 0 Å². The number of benzene rings is 2. The Morgan fingerprint density at radius 1 is 0.773 bits per heavy atom. The number of hydrogen-bond acceptors (Lipinski definition) is 10. The van der Waals surface area contributed by atoms with E-state index in [0.717, 1.165) is 87.6 Å². The second kappa shape index (κ2) is 11.7. The number of aryl methyl sites for hydroxylation is 2. The summed E-state index contributed by atoms with van der Waals surface area (Å²) < 4.78 is 0. The molecule has 0 amide bonds. The lowest BCUT2D eigenvalue weighted by atomic mass is 10.0. The summed E-state index contributed by atoms with van der Waals surface area (Å²) in [4.78, 5) is 28.9. The zero-order valence-corrected chi connectivity index (χ0v) is 27.2. The number of fused-ring (bicyclic) bond motifs is 2. The fourth-order valence-electron chi connectivity index (χ4n) is 6.38. The standard InChI is InChI=1S/C34H44N10/c1-21-17-30(40(3)4)26-19-23(9-11-28(26)36-21)32-38-33(44(35)34(39-32)43(8)25-13-15-42(7)16-14-25)24-10-12-29-27(20-24)31(41(5)6)18-22(2)37-29/h9-12,17-20,25,33H,13-16,35H2,1-8H3. The van der Waals surface area contributed by atoms with E-state index in [2.05, 4.69) is 110 Å². The smallest absolute Gasteiger partial charge is 0.220 e. The van der Waals surface area contributed by atoms with Crippen LogP contribution in [0.3, 0.4) is 0 Å². The molecule has 10 heteroatoms. The molecule has 1 fully saturated rings. The van der Waals surface area contributed by atoms with Crippen molar-refractivity contribution in [1.82, 2.24) is 24.8 Å². The molecule has 0 saturated carbocycles. The van der Waals surface area contributed by atoms with Gasteiger partial charge in [-0.3, -0.25) is 15.0 Å². The quantitative estimate of drug-likeness (QED) is 0.338. The molecular weight excluding hydrogens is 548 g/mol. The van der Waals surface area contributed by atoms with Gasteiger partial charge in [-0.15, -0.1) is 0 Å². The minimum atomic E-state index is -0.466. The highest BCUT2D eigenvalue weighted by atomic mass is 15.6. The molecule has 1 unspecified atom stereocenters. The Morgan fingerprint density at radius 2 is 1.34 bits per heavy atom. The molecule has 230 valence electrons. The number of piperidine rings is 1. The number of aliphatic imine (C=N–C) groups is 2. The van der Waals surface area contributed by atoms with Gasteiger partial charge in [0, 0.05) is 80.4 Å². The molecule has 2 N–H and O–H groups in total. The largest absolute Gasteiger partial charge is 0.377 e. The fraction of sp³-hybridized carbons (Fsp3) is 0.412. The van der Waals surface area contributed by atoms with Gasteiger partial charge in [-0.2, -0.15) is 4.99 Å². The number of anilines is 2. The SMILES string of the molecule is Cc1cc(N(C)C)c2cc(C3=NC(c4ccc5nc(C)cc(N(C)C)c5c4)N(N)C(N(C)C4CCN(C)CC4)=N3)ccc2n1. The predicted octanol–water partition coefficient (Wildman–Crippen LogP) is 4.55. The van der Waals surface area contributed by atoms with Gasteiger partial charge in [0.25, 0.3) is 0 Å². The molecule has 6 rings (SSSR count). The number of guanidine groups is 1. The molecule has 10 nitrogen and oxygen atoms in total. The van der Waals surface area contributed by atoms with Gasteiger partial charge in [0.15, 0.2) is 12.0 Å². The van der Waals surface area contributed by atoms with E-state index in [1.165, 1.54) is 0 Å². The normalized spacial score (nSPS) is 18.0. The van der Waals surface area contributed by atoms with Crippen LogP contribution in [0.15, 0.2) is 58.5 Å². The third-order valence-electron chi connectivity index (χ3n) is 8.87. The van der Waals surface area contributed by atoms with E-state index in [1.807, 2.05) is 13.8 Å². The Hall–Kier alpha value is -4.28. The first-order chi connectivity index (χ1) is 21.0. The summed E-state index contributed by atoms with van der Waals surface area (Å²) in [5, 5.41) is 3.87. The highest BCUT2D eigenvalue weighted by molar-refractivity contribution is 6.10. The summed E-state index contributed by atoms with van der Waals surface area (Å²) in [5.74, 6) is 8.35. The minimum Gasteiger partial charge on any atom is -0.377 e. The molecular formula is C34H44N10. The number of hydrazine groups is 1. The van der Waals surface area contributed by atoms with Crippen molar-refractivity contribution in [1.29, 1.82) is 0 Å². The maximum absolute atomic E-state index is 6.97. The Bertz CT molecular complexity index is 1770. The molecule has 1 atom stereocenters. The first-order valence-electron chi connectivity index (χ1n) is 15.3. The molecule has 44 heavy (non-hydrogen) atoms. The zero-order chi connectivity index (χ0) is 31.3. The molecule has 0 aliphatic carbocycles. The van der Waals surface area contributed by atoms with Crippen LogP contribution >= 0.6 is 0 Å². The van der Waals surface area contributed by atoms with E-state index in [4.69, 9.17) is 25.8 Å². The van der Waals surface area contributed by atoms with E-state index in [1.54, 1.807) is 5.01 Å². The van der Waals surface area contributed by atoms with E-state index in [0.29, 0.717) is 11.9 Å². The van der Waals surface area contributed by atoms with Gasteiger partial charge in [0.2, 0.25) is 5.96 Å². The van der Waals surface area contributed by atoms with Gasteiger partial charge < -0.3 is 19.6 Å². The van der Waals surface area contributed by atoms with Crippen molar-refractivity contribution in [2.24, 2.45) is 15.8 Å². The number of likely N-dealkylation sites (tertiary alicyclic amines) is 1. The van der Waals surface area contributed by atoms with E-state index < -0.39 is 6.17 Å². The minimum absolute atomic E-state index is 0.337. The van der Waals surface area contributed by atoms with Crippen LogP contribution < -0.4 is 15.6 Å². The summed E-state index contributed by atoms with van der Waals surface area (Å²) >= 11 is 0. The van der Waals surface area contributed by atoms with Gasteiger partial charge >= 0.3 is 0 Å². The summed E-state index contributed by atoms with van der Waals surface area (Å²) in [6, 6.07) is 17.2. The second-order valence-electron chi connectivity index (χ2n) is 12.7. The molecule has 4 heterocycles. The summed E-state index contributed by atoms with van der Waals surface area (Å²) in [6.07, 6.45) is 1.64. The number of pyridine rings is 2. The van der Waals surface area contributed by atoms with Gasteiger partial charge in [0.1, 0.15) is 0 Å². The van der Waals surface area contributed by atoms with Crippen LogP contribution in [0.2, 0.25) is 0 Å². The maximum Gasteiger partial charge on any atom is 0.220 e. The summed E-state index contributed by atoms with van der Waals surface area (Å²) in [7, 11) is 12.5. The Labute approximate surface area is 260 Å². The zero-order valence-electron chi connectivity index (χ0n) is 27.2. The second-order valence-corrected chi connectivity index (χ2v) is 12.7. The molecule has 0 spiro atoms. The van der Waals surface area contributed by atoms with Crippen molar-refractivity contribution in [3.63, 3.8) is 0 Å². The van der Waals surface area contributed by atoms with Gasteiger partial charge in [-0.05, 0) is 94.9 Å². The molecule has 4 aromatic rings. The van der Waals surface area contributed by atoms with Crippen molar-refractivity contribution < 1.29 is 0 Å². The van der Waals surface area contributed by atoms with Crippen LogP contribution in [0.1, 0.15) is 41.5 Å². The summed E-state index contributed by atoms with van der Waals surface area (Å²) in [6.45, 7) is 6.16. The van der Waals surface area contributed by atoms with Crippen molar-refractivity contribution in [3.05, 3.63) is 71.0 Å². The monoisotopic (exact) mass is 592 g/mol. The number of amidine groups is 1. The van der Waals surface area contributed by atoms with Crippen LogP contribution in [0.4, 0.5) is 11.4 Å². The van der Waals surface area contributed by atoms with E-state index in [9.17, 15) is 0 Å². The average molecular weight is 593 g/mol. The number of rotatable bonds is 5. The van der Waals surface area contributed by atoms with Crippen LogP contribution in [0.25, 0.3) is 21.8 Å². The lowest BCUT2D eigenvalue weighted by molar-refractivity contribution is 0.171. The highest BCUT2D eigenvalue weighted by Crippen LogP contribution is 2.34. The third-order valence-corrected chi connectivity index (χ3v) is 8.87. The third kappa shape index (κ3) is 5.55. The molecule has 2 aliphatic rings. The summed E-state index contributed by atoms with van der Waals surface area (Å²) in [5.41, 5.74) is 8.03. The predicted molar refractivity (Wildman–Crippen MR) is 183 cm³/mol. The van der Waals surface area contributed by atoms with Crippen LogP contribution in [-0.2, 0) is 0 Å². The Balaban J connectivity index is 1.49. The number of hydrogen-bond donors (Lipinski definition) is 1. The van der Waals surface area contributed by atoms with Crippen molar-refractivity contribution in [3.8, 4) is 0 Å².